The molecule has 0 atom stereocenters. The van der Waals surface area contributed by atoms with Gasteiger partial charge in [0.25, 0.3) is 0 Å². The summed E-state index contributed by atoms with van der Waals surface area (Å²) < 4.78 is 0. The second kappa shape index (κ2) is 6.56. The number of hydrogen-bond acceptors (Lipinski definition) is 3. The van der Waals surface area contributed by atoms with Crippen LogP contribution in [0, 0.1) is 0 Å². The van der Waals surface area contributed by atoms with Crippen LogP contribution in [0.5, 0.6) is 0 Å². The Kier molecular flexibility index (Phi) is 4.56. The highest BCUT2D eigenvalue weighted by Crippen LogP contribution is 2.18. The minimum atomic E-state index is -0.935. The van der Waals surface area contributed by atoms with E-state index in [4.69, 9.17) is 10.8 Å². The molecule has 2 aromatic carbocycles. The first-order valence-corrected chi connectivity index (χ1v) is 6.47. The Morgan fingerprint density at radius 2 is 1.62 bits per heavy atom. The van der Waals surface area contributed by atoms with Gasteiger partial charge in [-0.1, -0.05) is 36.4 Å². The van der Waals surface area contributed by atoms with E-state index in [-0.39, 0.29) is 6.54 Å². The number of nitrogens with zero attached hydrogens (tertiary/aromatic N) is 1. The molecule has 0 bridgehead atoms. The molecule has 0 fully saturated rings. The summed E-state index contributed by atoms with van der Waals surface area (Å²) in [5.41, 5.74) is 7.24. The number of carbonyl (C=O) groups is 2. The molecule has 0 aliphatic heterocycles. The lowest BCUT2D eigenvalue weighted by Gasteiger charge is -2.23. The Balaban J connectivity index is 2.32. The summed E-state index contributed by atoms with van der Waals surface area (Å²) in [5, 5.41) is 9.07. The highest BCUT2D eigenvalue weighted by molar-refractivity contribution is 5.94. The third-order valence-electron chi connectivity index (χ3n) is 3.09. The van der Waals surface area contributed by atoms with Gasteiger partial charge >= 0.3 is 5.97 Å². The molecule has 0 heterocycles. The van der Waals surface area contributed by atoms with Gasteiger partial charge in [-0.2, -0.15) is 0 Å². The maximum Gasteiger partial charge on any atom is 0.323 e. The third-order valence-corrected chi connectivity index (χ3v) is 3.09. The number of hydrogen-bond donors (Lipinski definition) is 2. The van der Waals surface area contributed by atoms with Crippen LogP contribution in [0.15, 0.2) is 54.6 Å². The van der Waals surface area contributed by atoms with Crippen LogP contribution in [-0.4, -0.2) is 23.5 Å². The van der Waals surface area contributed by atoms with Crippen molar-refractivity contribution in [3.8, 4) is 0 Å². The zero-order chi connectivity index (χ0) is 15.2. The minimum Gasteiger partial charge on any atom is -0.480 e. The van der Waals surface area contributed by atoms with E-state index in [9.17, 15) is 9.59 Å². The van der Waals surface area contributed by atoms with Gasteiger partial charge in [-0.15, -0.1) is 0 Å². The van der Waals surface area contributed by atoms with Crippen LogP contribution in [0.3, 0.4) is 0 Å². The fourth-order valence-electron chi connectivity index (χ4n) is 2.14. The van der Waals surface area contributed by atoms with E-state index in [1.807, 2.05) is 30.3 Å². The van der Waals surface area contributed by atoms with Crippen LogP contribution in [0.1, 0.15) is 15.9 Å². The third kappa shape index (κ3) is 3.82. The van der Waals surface area contributed by atoms with Crippen LogP contribution >= 0.6 is 0 Å². The number of nitrogens with two attached hydrogens (primary N) is 1. The van der Waals surface area contributed by atoms with E-state index in [1.165, 1.54) is 0 Å². The number of carboxylic acid groups (broad SMARTS) is 1. The largest absolute Gasteiger partial charge is 0.480 e. The molecule has 0 aliphatic rings. The van der Waals surface area contributed by atoms with E-state index < -0.39 is 11.9 Å². The molecule has 0 radical (unpaired) electrons. The Labute approximate surface area is 122 Å². The zero-order valence-corrected chi connectivity index (χ0v) is 11.4. The number of benzene rings is 2. The molecule has 5 nitrogen and oxygen atoms in total. The highest BCUT2D eigenvalue weighted by atomic mass is 16.4. The first kappa shape index (κ1) is 14.6. The molecule has 3 N–H and O–H groups in total. The minimum absolute atomic E-state index is 0.156. The van der Waals surface area contributed by atoms with Gasteiger partial charge in [-0.05, 0) is 23.8 Å². The molecule has 0 aliphatic carbocycles. The SMILES string of the molecule is NC(=O)c1ccccc1CN(CC(=O)O)c1ccccc1. The quantitative estimate of drug-likeness (QED) is 0.848. The van der Waals surface area contributed by atoms with Gasteiger partial charge in [0.1, 0.15) is 6.54 Å². The maximum atomic E-state index is 11.4. The first-order valence-electron chi connectivity index (χ1n) is 6.47. The summed E-state index contributed by atoms with van der Waals surface area (Å²) in [4.78, 5) is 24.2. The first-order chi connectivity index (χ1) is 10.1. The number of amides is 1. The molecule has 1 amide bonds. The lowest BCUT2D eigenvalue weighted by molar-refractivity contribution is -0.135. The highest BCUT2D eigenvalue weighted by Gasteiger charge is 2.14. The predicted molar refractivity (Wildman–Crippen MR) is 80.1 cm³/mol. The van der Waals surface area contributed by atoms with Gasteiger partial charge in [-0.25, -0.2) is 0 Å². The zero-order valence-electron chi connectivity index (χ0n) is 11.4. The molecular formula is C16H16N2O3. The summed E-state index contributed by atoms with van der Waals surface area (Å²) in [6.07, 6.45) is 0. The van der Waals surface area contributed by atoms with Crippen LogP contribution in [0.2, 0.25) is 0 Å². The van der Waals surface area contributed by atoms with Gasteiger partial charge in [0.15, 0.2) is 0 Å². The van der Waals surface area contributed by atoms with Gasteiger partial charge in [0.05, 0.1) is 0 Å². The van der Waals surface area contributed by atoms with Crippen LogP contribution in [0.25, 0.3) is 0 Å². The van der Waals surface area contributed by atoms with Crippen molar-refractivity contribution in [3.05, 3.63) is 65.7 Å². The number of aliphatic carboxylic acids is 1. The number of para-hydroxylation sites is 1. The molecule has 0 spiro atoms. The van der Waals surface area contributed by atoms with Crippen LogP contribution < -0.4 is 10.6 Å². The van der Waals surface area contributed by atoms with Gasteiger partial charge < -0.3 is 15.7 Å². The molecule has 2 aromatic rings. The molecule has 0 saturated heterocycles. The standard InChI is InChI=1S/C16H16N2O3/c17-16(21)14-9-5-4-6-12(14)10-18(11-15(19)20)13-7-2-1-3-8-13/h1-9H,10-11H2,(H2,17,21)(H,19,20). The van der Waals surface area contributed by atoms with E-state index in [1.54, 1.807) is 29.2 Å². The van der Waals surface area contributed by atoms with Crippen LogP contribution in [0.4, 0.5) is 5.69 Å². The molecule has 5 heteroatoms. The van der Waals surface area contributed by atoms with Crippen molar-refractivity contribution in [3.63, 3.8) is 0 Å². The Morgan fingerprint density at radius 1 is 1.00 bits per heavy atom. The summed E-state index contributed by atoms with van der Waals surface area (Å²) in [7, 11) is 0. The summed E-state index contributed by atoms with van der Waals surface area (Å²) in [6, 6.07) is 16.1. The van der Waals surface area contributed by atoms with Crippen molar-refractivity contribution in [2.75, 3.05) is 11.4 Å². The Bertz CT molecular complexity index is 641. The second-order valence-electron chi connectivity index (χ2n) is 4.61. The number of primary amides is 1. The molecule has 0 aromatic heterocycles. The molecule has 0 saturated carbocycles. The predicted octanol–water partition coefficient (Wildman–Crippen LogP) is 1.88. The Morgan fingerprint density at radius 3 is 2.24 bits per heavy atom. The number of carbonyl (C=O) groups excluding carboxylic acids is 1. The van der Waals surface area contributed by atoms with Crippen LogP contribution in [-0.2, 0) is 11.3 Å². The molecule has 0 unspecified atom stereocenters. The topological polar surface area (TPSA) is 83.6 Å². The number of anilines is 1. The number of carboxylic acids is 1. The van der Waals surface area contributed by atoms with Crippen molar-refractivity contribution in [1.82, 2.24) is 0 Å². The summed E-state index contributed by atoms with van der Waals surface area (Å²) in [6.45, 7) is 0.145. The van der Waals surface area contributed by atoms with Gasteiger partial charge in [-0.3, -0.25) is 9.59 Å². The van der Waals surface area contributed by atoms with E-state index in [0.717, 1.165) is 5.69 Å². The lowest BCUT2D eigenvalue weighted by atomic mass is 10.1. The second-order valence-corrected chi connectivity index (χ2v) is 4.61. The lowest BCUT2D eigenvalue weighted by Crippen LogP contribution is -2.30. The van der Waals surface area contributed by atoms with E-state index >= 15 is 0 Å². The summed E-state index contributed by atoms with van der Waals surface area (Å²) >= 11 is 0. The van der Waals surface area contributed by atoms with Crippen molar-refractivity contribution in [2.45, 2.75) is 6.54 Å². The maximum absolute atomic E-state index is 11.4. The van der Waals surface area contributed by atoms with Crippen molar-refractivity contribution >= 4 is 17.6 Å². The molecule has 108 valence electrons. The average molecular weight is 284 g/mol. The van der Waals surface area contributed by atoms with E-state index in [2.05, 4.69) is 0 Å². The Hall–Kier alpha value is -2.82. The van der Waals surface area contributed by atoms with E-state index in [0.29, 0.717) is 17.7 Å². The molecule has 21 heavy (non-hydrogen) atoms. The number of rotatable bonds is 6. The monoisotopic (exact) mass is 284 g/mol. The summed E-state index contributed by atoms with van der Waals surface area (Å²) in [5.74, 6) is -1.45. The fraction of sp³-hybridized carbons (Fsp3) is 0.125. The average Bonchev–Trinajstić information content (AvgIpc) is 2.47. The van der Waals surface area contributed by atoms with Crippen molar-refractivity contribution in [2.24, 2.45) is 5.73 Å². The van der Waals surface area contributed by atoms with Gasteiger partial charge in [0.2, 0.25) is 5.91 Å². The van der Waals surface area contributed by atoms with Gasteiger partial charge in [0, 0.05) is 17.8 Å². The molecule has 2 rings (SSSR count). The van der Waals surface area contributed by atoms with Crippen molar-refractivity contribution < 1.29 is 14.7 Å². The molecular weight excluding hydrogens is 268 g/mol. The van der Waals surface area contributed by atoms with Crippen molar-refractivity contribution in [1.29, 1.82) is 0 Å². The normalized spacial score (nSPS) is 10.1. The smallest absolute Gasteiger partial charge is 0.323 e. The fourth-order valence-corrected chi connectivity index (χ4v) is 2.14.